The summed E-state index contributed by atoms with van der Waals surface area (Å²) in [6.45, 7) is 0. The van der Waals surface area contributed by atoms with Crippen molar-refractivity contribution in [2.24, 2.45) is 0 Å². The number of thiocarbonyl (C=S) groups is 1. The molecule has 0 bridgehead atoms. The van der Waals surface area contributed by atoms with Crippen molar-refractivity contribution in [3.8, 4) is 0 Å². The molecule has 2 aromatic rings. The van der Waals surface area contributed by atoms with Crippen LogP contribution in [0.25, 0.3) is 6.08 Å². The van der Waals surface area contributed by atoms with Crippen molar-refractivity contribution in [2.45, 2.75) is 0 Å². The minimum absolute atomic E-state index is 0.0862. The first kappa shape index (κ1) is 21.5. The van der Waals surface area contributed by atoms with Crippen molar-refractivity contribution >= 4 is 86.7 Å². The molecule has 0 aromatic heterocycles. The van der Waals surface area contributed by atoms with E-state index in [0.717, 1.165) is 22.8 Å². The normalized spacial score (nSPS) is 15.1. The molecule has 7 nitrogen and oxygen atoms in total. The molecule has 0 unspecified atom stereocenters. The first-order valence-corrected chi connectivity index (χ1v) is 10.0. The molecule has 0 radical (unpaired) electrons. The van der Waals surface area contributed by atoms with Gasteiger partial charge in [0.1, 0.15) is 5.02 Å². The molecule has 1 N–H and O–H groups in total. The van der Waals surface area contributed by atoms with E-state index < -0.39 is 16.7 Å². The van der Waals surface area contributed by atoms with E-state index in [1.54, 1.807) is 0 Å². The van der Waals surface area contributed by atoms with Crippen LogP contribution in [0, 0.1) is 10.1 Å². The molecule has 3 rings (SSSR count). The summed E-state index contributed by atoms with van der Waals surface area (Å²) >= 11 is 23.8. The molecule has 1 aliphatic heterocycles. The third kappa shape index (κ3) is 4.71. The van der Waals surface area contributed by atoms with Gasteiger partial charge < -0.3 is 0 Å². The van der Waals surface area contributed by atoms with Gasteiger partial charge >= 0.3 is 0 Å². The van der Waals surface area contributed by atoms with Crippen molar-refractivity contribution < 1.29 is 14.5 Å². The molecule has 0 spiro atoms. The molecule has 2 aromatic carbocycles. The Morgan fingerprint density at radius 2 is 1.83 bits per heavy atom. The number of rotatable bonds is 4. The molecule has 1 saturated heterocycles. The number of nitrogens with zero attached hydrogens (tertiary/aromatic N) is 2. The van der Waals surface area contributed by atoms with Crippen LogP contribution in [-0.2, 0) is 4.79 Å². The van der Waals surface area contributed by atoms with Gasteiger partial charge in [-0.25, -0.2) is 0 Å². The molecule has 1 heterocycles. The predicted molar refractivity (Wildman–Crippen MR) is 117 cm³/mol. The molecule has 148 valence electrons. The maximum absolute atomic E-state index is 12.6. The number of benzene rings is 2. The Balaban J connectivity index is 1.85. The van der Waals surface area contributed by atoms with Gasteiger partial charge in [-0.3, -0.25) is 25.1 Å². The van der Waals surface area contributed by atoms with Crippen LogP contribution in [0.3, 0.4) is 0 Å². The number of nitro benzene ring substituents is 1. The molecule has 0 saturated carbocycles. The lowest BCUT2D eigenvalue weighted by atomic mass is 10.2. The summed E-state index contributed by atoms with van der Waals surface area (Å²) in [5, 5.41) is 12.4. The number of carbonyl (C=O) groups is 2. The van der Waals surface area contributed by atoms with Gasteiger partial charge in [-0.05, 0) is 48.6 Å². The largest absolute Gasteiger partial charge is 0.288 e. The van der Waals surface area contributed by atoms with Gasteiger partial charge in [0.15, 0.2) is 4.32 Å². The van der Waals surface area contributed by atoms with Crippen molar-refractivity contribution in [2.75, 3.05) is 0 Å². The molecule has 1 fully saturated rings. The number of halogens is 3. The van der Waals surface area contributed by atoms with Crippen molar-refractivity contribution in [1.82, 2.24) is 10.4 Å². The molecule has 2 amide bonds. The zero-order valence-electron chi connectivity index (χ0n) is 14.0. The van der Waals surface area contributed by atoms with Crippen molar-refractivity contribution in [1.29, 1.82) is 0 Å². The van der Waals surface area contributed by atoms with E-state index in [4.69, 9.17) is 47.0 Å². The van der Waals surface area contributed by atoms with E-state index in [2.05, 4.69) is 5.43 Å². The lowest BCUT2D eigenvalue weighted by Crippen LogP contribution is -2.44. The first-order chi connectivity index (χ1) is 13.7. The second-order valence-electron chi connectivity index (χ2n) is 5.55. The number of carbonyl (C=O) groups excluding carboxylic acids is 2. The van der Waals surface area contributed by atoms with Gasteiger partial charge in [-0.15, -0.1) is 0 Å². The maximum Gasteiger partial charge on any atom is 0.288 e. The summed E-state index contributed by atoms with van der Waals surface area (Å²) in [7, 11) is 0. The lowest BCUT2D eigenvalue weighted by Gasteiger charge is -2.15. The van der Waals surface area contributed by atoms with Gasteiger partial charge in [-0.1, -0.05) is 46.6 Å². The van der Waals surface area contributed by atoms with Gasteiger partial charge in [0.05, 0.1) is 9.83 Å². The van der Waals surface area contributed by atoms with Gasteiger partial charge in [-0.2, -0.15) is 5.01 Å². The Labute approximate surface area is 188 Å². The van der Waals surface area contributed by atoms with E-state index in [1.807, 2.05) is 0 Å². The Morgan fingerprint density at radius 1 is 1.17 bits per heavy atom. The SMILES string of the molecule is O=C(NN1C(=O)/C(=C/c2cc([N+](=O)[O-])c(Cl)cc2Cl)SC1=S)c1ccc(Cl)cc1. The second kappa shape index (κ2) is 8.68. The number of hydrogen-bond donors (Lipinski definition) is 1. The summed E-state index contributed by atoms with van der Waals surface area (Å²) in [6, 6.07) is 8.45. The third-order valence-electron chi connectivity index (χ3n) is 3.66. The molecule has 1 aliphatic rings. The molecule has 12 heteroatoms. The Hall–Kier alpha value is -2.17. The van der Waals surface area contributed by atoms with E-state index in [0.29, 0.717) is 5.02 Å². The average molecular weight is 489 g/mol. The zero-order chi connectivity index (χ0) is 21.3. The summed E-state index contributed by atoms with van der Waals surface area (Å²) in [5.74, 6) is -1.16. The second-order valence-corrected chi connectivity index (χ2v) is 8.47. The fourth-order valence-corrected chi connectivity index (χ4v) is 4.08. The van der Waals surface area contributed by atoms with E-state index in [9.17, 15) is 19.7 Å². The Kier molecular flexibility index (Phi) is 6.45. The third-order valence-corrected chi connectivity index (χ3v) is 5.85. The number of thioether (sulfide) groups is 1. The quantitative estimate of drug-likeness (QED) is 0.278. The number of nitro groups is 1. The zero-order valence-corrected chi connectivity index (χ0v) is 17.9. The van der Waals surface area contributed by atoms with E-state index in [-0.39, 0.29) is 36.1 Å². The van der Waals surface area contributed by atoms with Crippen molar-refractivity contribution in [3.05, 3.63) is 77.6 Å². The predicted octanol–water partition coefficient (Wildman–Crippen LogP) is 5.10. The van der Waals surface area contributed by atoms with Crippen LogP contribution in [0.4, 0.5) is 5.69 Å². The number of hydrogen-bond acceptors (Lipinski definition) is 6. The monoisotopic (exact) mass is 487 g/mol. The van der Waals surface area contributed by atoms with Crippen molar-refractivity contribution in [3.63, 3.8) is 0 Å². The Bertz CT molecular complexity index is 1090. The number of amides is 2. The highest BCUT2D eigenvalue weighted by molar-refractivity contribution is 8.26. The van der Waals surface area contributed by atoms with E-state index >= 15 is 0 Å². The van der Waals surface area contributed by atoms with Gasteiger partial charge in [0.25, 0.3) is 17.5 Å². The Morgan fingerprint density at radius 3 is 2.45 bits per heavy atom. The summed E-state index contributed by atoms with van der Waals surface area (Å²) in [4.78, 5) is 35.5. The topological polar surface area (TPSA) is 92.6 Å². The standard InChI is InChI=1S/C17H8Cl3N3O4S2/c18-10-3-1-8(2-4-10)15(24)21-22-16(25)14(29-17(22)28)6-9-5-13(23(26)27)12(20)7-11(9)19/h1-7H,(H,21,24)/b14-6-. The maximum atomic E-state index is 12.6. The van der Waals surface area contributed by atoms with Crippen LogP contribution in [-0.4, -0.2) is 26.1 Å². The smallest absolute Gasteiger partial charge is 0.267 e. The van der Waals surface area contributed by atoms with Gasteiger partial charge in [0.2, 0.25) is 0 Å². The molecular formula is C17H8Cl3N3O4S2. The van der Waals surface area contributed by atoms with Gasteiger partial charge in [0, 0.05) is 27.2 Å². The highest BCUT2D eigenvalue weighted by atomic mass is 35.5. The minimum atomic E-state index is -0.659. The highest BCUT2D eigenvalue weighted by Crippen LogP contribution is 2.36. The number of hydrazine groups is 1. The lowest BCUT2D eigenvalue weighted by molar-refractivity contribution is -0.384. The van der Waals surface area contributed by atoms with Crippen LogP contribution in [0.15, 0.2) is 41.3 Å². The average Bonchev–Trinajstić information content (AvgIpc) is 2.91. The fraction of sp³-hybridized carbons (Fsp3) is 0. The van der Waals surface area contributed by atoms with Crippen LogP contribution in [0.2, 0.25) is 15.1 Å². The molecular weight excluding hydrogens is 481 g/mol. The van der Waals surface area contributed by atoms with Crippen LogP contribution in [0.1, 0.15) is 15.9 Å². The summed E-state index contributed by atoms with van der Waals surface area (Å²) in [5.41, 5.74) is 2.56. The van der Waals surface area contributed by atoms with Crippen LogP contribution in [0.5, 0.6) is 0 Å². The molecule has 0 atom stereocenters. The minimum Gasteiger partial charge on any atom is -0.267 e. The highest BCUT2D eigenvalue weighted by Gasteiger charge is 2.34. The summed E-state index contributed by atoms with van der Waals surface area (Å²) in [6.07, 6.45) is 1.35. The fourth-order valence-electron chi connectivity index (χ4n) is 2.28. The van der Waals surface area contributed by atoms with Crippen LogP contribution < -0.4 is 5.43 Å². The number of nitrogens with one attached hydrogen (secondary N) is 1. The first-order valence-electron chi connectivity index (χ1n) is 7.65. The van der Waals surface area contributed by atoms with E-state index in [1.165, 1.54) is 36.4 Å². The van der Waals surface area contributed by atoms with Crippen LogP contribution >= 0.6 is 58.8 Å². The molecule has 29 heavy (non-hydrogen) atoms. The molecule has 0 aliphatic carbocycles. The summed E-state index contributed by atoms with van der Waals surface area (Å²) < 4.78 is 0.0862.